The lowest BCUT2D eigenvalue weighted by molar-refractivity contribution is 1.52. The Hall–Kier alpha value is -1.31. The van der Waals surface area contributed by atoms with Gasteiger partial charge < -0.3 is 0 Å². The summed E-state index contributed by atoms with van der Waals surface area (Å²) in [6, 6.07) is 16.9. The highest BCUT2D eigenvalue weighted by molar-refractivity contribution is 6.69. The molecule has 1 nitrogen and oxygen atoms in total. The Morgan fingerprint density at radius 1 is 0.938 bits per heavy atom. The van der Waals surface area contributed by atoms with E-state index in [4.69, 9.17) is 23.2 Å². The van der Waals surface area contributed by atoms with E-state index < -0.39 is 0 Å². The SMILES string of the molecule is Cl/C(=N\c1cccc(Cl)c1)c1ccccc1. The number of rotatable bonds is 2. The maximum absolute atomic E-state index is 6.10. The molecule has 0 N–H and O–H groups in total. The maximum atomic E-state index is 6.10. The van der Waals surface area contributed by atoms with Gasteiger partial charge in [0.1, 0.15) is 5.17 Å². The average Bonchev–Trinajstić information content (AvgIpc) is 2.30. The molecule has 0 fully saturated rings. The molecule has 0 radical (unpaired) electrons. The molecular formula is C13H9Cl2N. The molecule has 0 atom stereocenters. The summed E-state index contributed by atoms with van der Waals surface area (Å²) < 4.78 is 0. The summed E-state index contributed by atoms with van der Waals surface area (Å²) >= 11 is 12.0. The minimum absolute atomic E-state index is 0.461. The molecule has 0 saturated carbocycles. The quantitative estimate of drug-likeness (QED) is 0.687. The van der Waals surface area contributed by atoms with Crippen molar-refractivity contribution in [3.05, 3.63) is 65.2 Å². The van der Waals surface area contributed by atoms with Crippen molar-refractivity contribution in [3.63, 3.8) is 0 Å². The molecule has 0 aliphatic rings. The molecule has 16 heavy (non-hydrogen) atoms. The smallest absolute Gasteiger partial charge is 0.136 e. The number of aliphatic imine (C=N–C) groups is 1. The van der Waals surface area contributed by atoms with Crippen LogP contribution in [0.2, 0.25) is 5.02 Å². The highest BCUT2D eigenvalue weighted by atomic mass is 35.5. The monoisotopic (exact) mass is 249 g/mol. The lowest BCUT2D eigenvalue weighted by atomic mass is 10.2. The van der Waals surface area contributed by atoms with Gasteiger partial charge in [-0.2, -0.15) is 0 Å². The molecule has 0 amide bonds. The summed E-state index contributed by atoms with van der Waals surface area (Å²) in [7, 11) is 0. The second-order valence-corrected chi connectivity index (χ2v) is 4.04. The van der Waals surface area contributed by atoms with Crippen LogP contribution < -0.4 is 0 Å². The topological polar surface area (TPSA) is 12.4 Å². The van der Waals surface area contributed by atoms with Crippen LogP contribution in [0, 0.1) is 0 Å². The first-order chi connectivity index (χ1) is 7.75. The normalized spacial score (nSPS) is 11.5. The van der Waals surface area contributed by atoms with Gasteiger partial charge in [0.25, 0.3) is 0 Å². The van der Waals surface area contributed by atoms with Crippen LogP contribution in [0.4, 0.5) is 5.69 Å². The predicted molar refractivity (Wildman–Crippen MR) is 69.9 cm³/mol. The molecule has 2 rings (SSSR count). The van der Waals surface area contributed by atoms with Gasteiger partial charge in [0.05, 0.1) is 5.69 Å². The van der Waals surface area contributed by atoms with E-state index in [0.29, 0.717) is 10.2 Å². The van der Waals surface area contributed by atoms with Gasteiger partial charge >= 0.3 is 0 Å². The summed E-state index contributed by atoms with van der Waals surface area (Å²) in [5, 5.41) is 1.11. The van der Waals surface area contributed by atoms with Gasteiger partial charge in [0.2, 0.25) is 0 Å². The number of benzene rings is 2. The molecule has 2 aromatic carbocycles. The molecule has 2 aromatic rings. The van der Waals surface area contributed by atoms with Crippen LogP contribution in [-0.2, 0) is 0 Å². The van der Waals surface area contributed by atoms with Crippen molar-refractivity contribution < 1.29 is 0 Å². The fourth-order valence-corrected chi connectivity index (χ4v) is 1.71. The summed E-state index contributed by atoms with van der Waals surface area (Å²) in [5.74, 6) is 0. The van der Waals surface area contributed by atoms with E-state index in [1.165, 1.54) is 0 Å². The standard InChI is InChI=1S/C13H9Cl2N/c14-11-7-4-8-12(9-11)16-13(15)10-5-2-1-3-6-10/h1-9H/b16-13-. The first-order valence-corrected chi connectivity index (χ1v) is 5.56. The van der Waals surface area contributed by atoms with Crippen molar-refractivity contribution in [3.8, 4) is 0 Å². The van der Waals surface area contributed by atoms with E-state index in [0.717, 1.165) is 11.3 Å². The lowest BCUT2D eigenvalue weighted by Gasteiger charge is -1.99. The van der Waals surface area contributed by atoms with E-state index in [2.05, 4.69) is 4.99 Å². The lowest BCUT2D eigenvalue weighted by Crippen LogP contribution is -1.88. The summed E-state index contributed by atoms with van der Waals surface area (Å²) in [6.07, 6.45) is 0. The summed E-state index contributed by atoms with van der Waals surface area (Å²) in [4.78, 5) is 4.29. The molecule has 3 heteroatoms. The van der Waals surface area contributed by atoms with Crippen molar-refractivity contribution >= 4 is 34.1 Å². The van der Waals surface area contributed by atoms with E-state index in [1.807, 2.05) is 42.5 Å². The minimum Gasteiger partial charge on any atom is -0.236 e. The van der Waals surface area contributed by atoms with Crippen LogP contribution in [0.25, 0.3) is 0 Å². The number of nitrogens with zero attached hydrogens (tertiary/aromatic N) is 1. The summed E-state index contributed by atoms with van der Waals surface area (Å²) in [6.45, 7) is 0. The third kappa shape index (κ3) is 2.84. The number of hydrogen-bond acceptors (Lipinski definition) is 1. The van der Waals surface area contributed by atoms with Gasteiger partial charge in [0, 0.05) is 10.6 Å². The Bertz CT molecular complexity index is 506. The van der Waals surface area contributed by atoms with Gasteiger partial charge in [-0.05, 0) is 18.2 Å². The number of halogens is 2. The highest BCUT2D eigenvalue weighted by Crippen LogP contribution is 2.19. The van der Waals surface area contributed by atoms with Crippen LogP contribution in [0.15, 0.2) is 59.6 Å². The van der Waals surface area contributed by atoms with Gasteiger partial charge in [-0.25, -0.2) is 4.99 Å². The van der Waals surface area contributed by atoms with Crippen LogP contribution in [0.1, 0.15) is 5.56 Å². The Morgan fingerprint density at radius 2 is 1.69 bits per heavy atom. The van der Waals surface area contributed by atoms with Crippen LogP contribution in [0.5, 0.6) is 0 Å². The van der Waals surface area contributed by atoms with E-state index in [1.54, 1.807) is 12.1 Å². The largest absolute Gasteiger partial charge is 0.236 e. The molecule has 0 unspecified atom stereocenters. The first-order valence-electron chi connectivity index (χ1n) is 4.81. The molecule has 0 saturated heterocycles. The summed E-state index contributed by atoms with van der Waals surface area (Å²) in [5.41, 5.74) is 1.64. The molecule has 0 aliphatic carbocycles. The molecule has 0 bridgehead atoms. The fraction of sp³-hybridized carbons (Fsp3) is 0. The van der Waals surface area contributed by atoms with Crippen molar-refractivity contribution in [2.24, 2.45) is 4.99 Å². The minimum atomic E-state index is 0.461. The molecule has 80 valence electrons. The number of hydrogen-bond donors (Lipinski definition) is 0. The molecular weight excluding hydrogens is 241 g/mol. The Kier molecular flexibility index (Phi) is 3.60. The second kappa shape index (κ2) is 5.15. The molecule has 0 aliphatic heterocycles. The third-order valence-electron chi connectivity index (χ3n) is 2.05. The van der Waals surface area contributed by atoms with Gasteiger partial charge in [0.15, 0.2) is 0 Å². The van der Waals surface area contributed by atoms with Crippen molar-refractivity contribution in [1.29, 1.82) is 0 Å². The molecule has 0 spiro atoms. The zero-order valence-corrected chi connectivity index (χ0v) is 9.91. The van der Waals surface area contributed by atoms with E-state index >= 15 is 0 Å². The zero-order chi connectivity index (χ0) is 11.4. The molecule has 0 heterocycles. The van der Waals surface area contributed by atoms with Gasteiger partial charge in [-0.15, -0.1) is 0 Å². The van der Waals surface area contributed by atoms with Crippen LogP contribution in [-0.4, -0.2) is 5.17 Å². The van der Waals surface area contributed by atoms with Crippen molar-refractivity contribution in [1.82, 2.24) is 0 Å². The Balaban J connectivity index is 2.32. The maximum Gasteiger partial charge on any atom is 0.136 e. The first kappa shape index (κ1) is 11.2. The van der Waals surface area contributed by atoms with Gasteiger partial charge in [-0.3, -0.25) is 0 Å². The van der Waals surface area contributed by atoms with Crippen LogP contribution in [0.3, 0.4) is 0 Å². The fourth-order valence-electron chi connectivity index (χ4n) is 1.30. The molecule has 0 aromatic heterocycles. The Morgan fingerprint density at radius 3 is 2.38 bits per heavy atom. The predicted octanol–water partition coefficient (Wildman–Crippen LogP) is 4.66. The zero-order valence-electron chi connectivity index (χ0n) is 8.40. The highest BCUT2D eigenvalue weighted by Gasteiger charge is 1.99. The van der Waals surface area contributed by atoms with Crippen molar-refractivity contribution in [2.75, 3.05) is 0 Å². The Labute approximate surface area is 104 Å². The van der Waals surface area contributed by atoms with Gasteiger partial charge in [-0.1, -0.05) is 59.6 Å². The van der Waals surface area contributed by atoms with E-state index in [-0.39, 0.29) is 0 Å². The average molecular weight is 250 g/mol. The van der Waals surface area contributed by atoms with Crippen LogP contribution >= 0.6 is 23.2 Å². The van der Waals surface area contributed by atoms with Crippen molar-refractivity contribution in [2.45, 2.75) is 0 Å². The second-order valence-electron chi connectivity index (χ2n) is 3.25. The van der Waals surface area contributed by atoms with E-state index in [9.17, 15) is 0 Å². The third-order valence-corrected chi connectivity index (χ3v) is 2.59.